The van der Waals surface area contributed by atoms with Crippen LogP contribution in [0.5, 0.6) is 0 Å². The second-order valence-electron chi connectivity index (χ2n) is 5.88. The Morgan fingerprint density at radius 2 is 1.39 bits per heavy atom. The topological polar surface area (TPSA) is 17.8 Å². The van der Waals surface area contributed by atoms with Crippen LogP contribution in [0.1, 0.15) is 5.56 Å². The highest BCUT2D eigenvalue weighted by atomic mass is 15.1. The summed E-state index contributed by atoms with van der Waals surface area (Å²) < 4.78 is 2.15. The molecule has 0 amide bonds. The van der Waals surface area contributed by atoms with Gasteiger partial charge in [-0.1, -0.05) is 60.7 Å². The van der Waals surface area contributed by atoms with E-state index in [0.717, 1.165) is 22.4 Å². The fourth-order valence-corrected chi connectivity index (χ4v) is 3.10. The standard InChI is InChI=1S/C21H18N2/c1-15-7-3-4-8-18(15)16-11-13-17(14-12-16)21-22-19-9-5-6-10-20(19)23(21)2/h3-14H,1-2H3. The van der Waals surface area contributed by atoms with Gasteiger partial charge in [0.2, 0.25) is 0 Å². The van der Waals surface area contributed by atoms with Crippen molar-refractivity contribution in [2.24, 2.45) is 7.05 Å². The van der Waals surface area contributed by atoms with Gasteiger partial charge in [0.15, 0.2) is 0 Å². The Labute approximate surface area is 136 Å². The van der Waals surface area contributed by atoms with Gasteiger partial charge in [0.05, 0.1) is 11.0 Å². The lowest BCUT2D eigenvalue weighted by Crippen LogP contribution is -1.92. The average molecular weight is 298 g/mol. The molecule has 0 aliphatic rings. The van der Waals surface area contributed by atoms with Crippen LogP contribution in [-0.4, -0.2) is 9.55 Å². The molecule has 2 heteroatoms. The van der Waals surface area contributed by atoms with E-state index in [1.54, 1.807) is 0 Å². The van der Waals surface area contributed by atoms with Gasteiger partial charge in [-0.25, -0.2) is 4.98 Å². The molecule has 1 heterocycles. The number of hydrogen-bond donors (Lipinski definition) is 0. The summed E-state index contributed by atoms with van der Waals surface area (Å²) in [6, 6.07) is 25.4. The summed E-state index contributed by atoms with van der Waals surface area (Å²) in [7, 11) is 2.07. The summed E-state index contributed by atoms with van der Waals surface area (Å²) in [5.41, 5.74) is 7.15. The first-order chi connectivity index (χ1) is 11.2. The Morgan fingerprint density at radius 1 is 0.739 bits per heavy atom. The minimum atomic E-state index is 1.00. The van der Waals surface area contributed by atoms with Crippen molar-refractivity contribution in [2.75, 3.05) is 0 Å². The van der Waals surface area contributed by atoms with Gasteiger partial charge >= 0.3 is 0 Å². The Balaban J connectivity index is 1.78. The summed E-state index contributed by atoms with van der Waals surface area (Å²) in [5.74, 6) is 1.00. The van der Waals surface area contributed by atoms with Gasteiger partial charge in [-0.2, -0.15) is 0 Å². The van der Waals surface area contributed by atoms with Gasteiger partial charge in [-0.3, -0.25) is 0 Å². The Hall–Kier alpha value is -2.87. The van der Waals surface area contributed by atoms with Crippen LogP contribution >= 0.6 is 0 Å². The Kier molecular flexibility index (Phi) is 3.23. The smallest absolute Gasteiger partial charge is 0.140 e. The third kappa shape index (κ3) is 2.33. The summed E-state index contributed by atoms with van der Waals surface area (Å²) in [6.45, 7) is 2.15. The van der Waals surface area contributed by atoms with Crippen molar-refractivity contribution in [1.29, 1.82) is 0 Å². The fourth-order valence-electron chi connectivity index (χ4n) is 3.10. The van der Waals surface area contributed by atoms with E-state index in [0.29, 0.717) is 0 Å². The first-order valence-electron chi connectivity index (χ1n) is 7.82. The molecule has 0 saturated heterocycles. The van der Waals surface area contributed by atoms with Crippen LogP contribution in [-0.2, 0) is 7.05 Å². The highest BCUT2D eigenvalue weighted by Crippen LogP contribution is 2.28. The molecule has 1 aromatic heterocycles. The van der Waals surface area contributed by atoms with E-state index >= 15 is 0 Å². The lowest BCUT2D eigenvalue weighted by Gasteiger charge is -2.07. The molecular weight excluding hydrogens is 280 g/mol. The van der Waals surface area contributed by atoms with Crippen molar-refractivity contribution in [3.05, 3.63) is 78.4 Å². The number of aromatic nitrogens is 2. The summed E-state index contributed by atoms with van der Waals surface area (Å²) >= 11 is 0. The number of para-hydroxylation sites is 2. The first kappa shape index (κ1) is 13.8. The third-order valence-corrected chi connectivity index (χ3v) is 4.39. The molecule has 0 radical (unpaired) electrons. The minimum Gasteiger partial charge on any atom is -0.327 e. The highest BCUT2D eigenvalue weighted by Gasteiger charge is 2.09. The number of rotatable bonds is 2. The second-order valence-corrected chi connectivity index (χ2v) is 5.88. The van der Waals surface area contributed by atoms with Crippen molar-refractivity contribution in [2.45, 2.75) is 6.92 Å². The van der Waals surface area contributed by atoms with E-state index in [2.05, 4.69) is 85.3 Å². The maximum atomic E-state index is 4.77. The van der Waals surface area contributed by atoms with E-state index in [4.69, 9.17) is 4.98 Å². The predicted octanol–water partition coefficient (Wildman–Crippen LogP) is 5.22. The zero-order valence-corrected chi connectivity index (χ0v) is 13.3. The van der Waals surface area contributed by atoms with Gasteiger partial charge in [-0.05, 0) is 35.7 Å². The van der Waals surface area contributed by atoms with Crippen molar-refractivity contribution in [1.82, 2.24) is 9.55 Å². The molecule has 23 heavy (non-hydrogen) atoms. The number of aryl methyl sites for hydroxylation is 2. The summed E-state index contributed by atoms with van der Waals surface area (Å²) in [6.07, 6.45) is 0. The normalized spacial score (nSPS) is 11.0. The van der Waals surface area contributed by atoms with Crippen LogP contribution in [0, 0.1) is 6.92 Å². The number of benzene rings is 3. The second kappa shape index (κ2) is 5.40. The molecule has 2 nitrogen and oxygen atoms in total. The molecule has 0 unspecified atom stereocenters. The van der Waals surface area contributed by atoms with Crippen LogP contribution in [0.25, 0.3) is 33.5 Å². The van der Waals surface area contributed by atoms with Gasteiger partial charge in [0.25, 0.3) is 0 Å². The molecular formula is C21H18N2. The van der Waals surface area contributed by atoms with Crippen LogP contribution < -0.4 is 0 Å². The largest absolute Gasteiger partial charge is 0.327 e. The summed E-state index contributed by atoms with van der Waals surface area (Å²) in [5, 5.41) is 0. The molecule has 0 fully saturated rings. The molecule has 3 aromatic carbocycles. The van der Waals surface area contributed by atoms with Gasteiger partial charge in [-0.15, -0.1) is 0 Å². The van der Waals surface area contributed by atoms with E-state index in [1.807, 2.05) is 6.07 Å². The molecule has 4 rings (SSSR count). The maximum Gasteiger partial charge on any atom is 0.140 e. The average Bonchev–Trinajstić information content (AvgIpc) is 2.93. The van der Waals surface area contributed by atoms with E-state index in [1.165, 1.54) is 16.7 Å². The molecule has 112 valence electrons. The molecule has 0 atom stereocenters. The molecule has 0 N–H and O–H groups in total. The van der Waals surface area contributed by atoms with E-state index in [-0.39, 0.29) is 0 Å². The number of fused-ring (bicyclic) bond motifs is 1. The van der Waals surface area contributed by atoms with Crippen molar-refractivity contribution >= 4 is 11.0 Å². The predicted molar refractivity (Wildman–Crippen MR) is 96.3 cm³/mol. The minimum absolute atomic E-state index is 1.00. The molecule has 4 aromatic rings. The molecule has 0 spiro atoms. The Morgan fingerprint density at radius 3 is 2.13 bits per heavy atom. The molecule has 0 bridgehead atoms. The van der Waals surface area contributed by atoms with Crippen LogP contribution in [0.2, 0.25) is 0 Å². The summed E-state index contributed by atoms with van der Waals surface area (Å²) in [4.78, 5) is 4.77. The molecule has 0 saturated carbocycles. The SMILES string of the molecule is Cc1ccccc1-c1ccc(-c2nc3ccccc3n2C)cc1. The van der Waals surface area contributed by atoms with E-state index < -0.39 is 0 Å². The van der Waals surface area contributed by atoms with E-state index in [9.17, 15) is 0 Å². The molecule has 0 aliphatic carbocycles. The quantitative estimate of drug-likeness (QED) is 0.496. The van der Waals surface area contributed by atoms with Crippen LogP contribution in [0.15, 0.2) is 72.8 Å². The highest BCUT2D eigenvalue weighted by molar-refractivity contribution is 5.81. The lowest BCUT2D eigenvalue weighted by molar-refractivity contribution is 0.959. The zero-order valence-electron chi connectivity index (χ0n) is 13.3. The number of imidazole rings is 1. The monoisotopic (exact) mass is 298 g/mol. The molecule has 0 aliphatic heterocycles. The van der Waals surface area contributed by atoms with Crippen LogP contribution in [0.3, 0.4) is 0 Å². The zero-order chi connectivity index (χ0) is 15.8. The first-order valence-corrected chi connectivity index (χ1v) is 7.82. The lowest BCUT2D eigenvalue weighted by atomic mass is 9.99. The number of nitrogens with zero attached hydrogens (tertiary/aromatic N) is 2. The fraction of sp³-hybridized carbons (Fsp3) is 0.0952. The van der Waals surface area contributed by atoms with Gasteiger partial charge < -0.3 is 4.57 Å². The van der Waals surface area contributed by atoms with Crippen molar-refractivity contribution in [3.8, 4) is 22.5 Å². The van der Waals surface area contributed by atoms with Gasteiger partial charge in [0.1, 0.15) is 5.82 Å². The van der Waals surface area contributed by atoms with Crippen molar-refractivity contribution in [3.63, 3.8) is 0 Å². The maximum absolute atomic E-state index is 4.77. The third-order valence-electron chi connectivity index (χ3n) is 4.39. The van der Waals surface area contributed by atoms with Crippen molar-refractivity contribution < 1.29 is 0 Å². The van der Waals surface area contributed by atoms with Gasteiger partial charge in [0, 0.05) is 12.6 Å². The Bertz CT molecular complexity index is 978. The number of hydrogen-bond acceptors (Lipinski definition) is 1. The van der Waals surface area contributed by atoms with Crippen LogP contribution in [0.4, 0.5) is 0 Å².